The lowest BCUT2D eigenvalue weighted by Crippen LogP contribution is -2.06. The largest absolute Gasteiger partial charge is 0.493 e. The fourth-order valence-electron chi connectivity index (χ4n) is 2.01. The molecule has 0 aromatic heterocycles. The zero-order valence-corrected chi connectivity index (χ0v) is 13.2. The van der Waals surface area contributed by atoms with Gasteiger partial charge in [-0.1, -0.05) is 45.6 Å². The van der Waals surface area contributed by atoms with Crippen molar-refractivity contribution in [2.24, 2.45) is 0 Å². The van der Waals surface area contributed by atoms with Crippen molar-refractivity contribution in [2.45, 2.75) is 50.8 Å². The normalized spacial score (nSPS) is 10.5. The second-order valence-electron chi connectivity index (χ2n) is 4.63. The van der Waals surface area contributed by atoms with Crippen LogP contribution in [0.15, 0.2) is 23.1 Å². The van der Waals surface area contributed by atoms with Gasteiger partial charge in [0.2, 0.25) is 0 Å². The van der Waals surface area contributed by atoms with Crippen LogP contribution in [0.5, 0.6) is 5.75 Å². The Morgan fingerprint density at radius 1 is 1.20 bits per heavy atom. The highest BCUT2D eigenvalue weighted by Crippen LogP contribution is 2.30. The number of hydrogen-bond donors (Lipinski definition) is 1. The van der Waals surface area contributed by atoms with E-state index in [0.717, 1.165) is 23.5 Å². The van der Waals surface area contributed by atoms with E-state index < -0.39 is 5.97 Å². The van der Waals surface area contributed by atoms with E-state index in [0.29, 0.717) is 17.9 Å². The summed E-state index contributed by atoms with van der Waals surface area (Å²) in [6, 6.07) is 5.44. The number of aromatic carboxylic acids is 1. The second kappa shape index (κ2) is 9.70. The average Bonchev–Trinajstić information content (AvgIpc) is 2.43. The Labute approximate surface area is 125 Å². The van der Waals surface area contributed by atoms with Gasteiger partial charge in [-0.25, -0.2) is 4.79 Å². The minimum absolute atomic E-state index is 0.299. The van der Waals surface area contributed by atoms with Crippen molar-refractivity contribution in [3.05, 3.63) is 23.8 Å². The summed E-state index contributed by atoms with van der Waals surface area (Å²) < 4.78 is 5.67. The summed E-state index contributed by atoms with van der Waals surface area (Å²) in [6.45, 7) is 4.79. The summed E-state index contributed by atoms with van der Waals surface area (Å²) in [5.74, 6) is 0.426. The minimum Gasteiger partial charge on any atom is -0.493 e. The number of carboxylic acid groups (broad SMARTS) is 1. The predicted octanol–water partition coefficient (Wildman–Crippen LogP) is 4.85. The van der Waals surface area contributed by atoms with Crippen LogP contribution in [0, 0.1) is 0 Å². The molecule has 1 N–H and O–H groups in total. The monoisotopic (exact) mass is 296 g/mol. The van der Waals surface area contributed by atoms with E-state index in [4.69, 9.17) is 4.74 Å². The third-order valence-electron chi connectivity index (χ3n) is 3.01. The van der Waals surface area contributed by atoms with Crippen molar-refractivity contribution in [1.29, 1.82) is 0 Å². The van der Waals surface area contributed by atoms with Gasteiger partial charge in [0.15, 0.2) is 0 Å². The molecular weight excluding hydrogens is 272 g/mol. The number of thioether (sulfide) groups is 1. The topological polar surface area (TPSA) is 46.5 Å². The maximum absolute atomic E-state index is 11.4. The summed E-state index contributed by atoms with van der Waals surface area (Å²) in [4.78, 5) is 12.2. The number of carbonyl (C=O) groups is 1. The van der Waals surface area contributed by atoms with E-state index in [1.807, 2.05) is 19.1 Å². The summed E-state index contributed by atoms with van der Waals surface area (Å²) in [6.07, 6.45) is 5.81. The van der Waals surface area contributed by atoms with Gasteiger partial charge in [0, 0.05) is 4.90 Å². The quantitative estimate of drug-likeness (QED) is 0.495. The highest BCUT2D eigenvalue weighted by molar-refractivity contribution is 7.99. The summed E-state index contributed by atoms with van der Waals surface area (Å²) >= 11 is 1.53. The van der Waals surface area contributed by atoms with E-state index >= 15 is 0 Å². The Kier molecular flexibility index (Phi) is 8.19. The van der Waals surface area contributed by atoms with Crippen LogP contribution < -0.4 is 4.74 Å². The predicted molar refractivity (Wildman–Crippen MR) is 84.1 cm³/mol. The molecule has 0 fully saturated rings. The summed E-state index contributed by atoms with van der Waals surface area (Å²) in [5.41, 5.74) is 0.299. The van der Waals surface area contributed by atoms with Crippen molar-refractivity contribution in [1.82, 2.24) is 0 Å². The minimum atomic E-state index is -0.914. The van der Waals surface area contributed by atoms with Gasteiger partial charge in [0.25, 0.3) is 0 Å². The van der Waals surface area contributed by atoms with E-state index in [-0.39, 0.29) is 0 Å². The Balaban J connectivity index is 2.60. The first-order valence-corrected chi connectivity index (χ1v) is 8.31. The van der Waals surface area contributed by atoms with Crippen LogP contribution in [-0.2, 0) is 0 Å². The molecule has 20 heavy (non-hydrogen) atoms. The third-order valence-corrected chi connectivity index (χ3v) is 3.95. The van der Waals surface area contributed by atoms with Crippen molar-refractivity contribution in [3.63, 3.8) is 0 Å². The highest BCUT2D eigenvalue weighted by Gasteiger charge is 2.16. The van der Waals surface area contributed by atoms with Crippen LogP contribution in [0.25, 0.3) is 0 Å². The number of rotatable bonds is 10. The van der Waals surface area contributed by atoms with Gasteiger partial charge < -0.3 is 9.84 Å². The maximum Gasteiger partial charge on any atom is 0.340 e. The number of hydrogen-bond acceptors (Lipinski definition) is 3. The lowest BCUT2D eigenvalue weighted by atomic mass is 10.1. The van der Waals surface area contributed by atoms with Crippen LogP contribution in [-0.4, -0.2) is 23.4 Å². The fourth-order valence-corrected chi connectivity index (χ4v) is 2.82. The van der Waals surface area contributed by atoms with Crippen LogP contribution in [0.2, 0.25) is 0 Å². The Hall–Kier alpha value is -1.16. The molecule has 0 radical (unpaired) electrons. The first-order chi connectivity index (χ1) is 9.70. The number of carboxylic acids is 1. The molecule has 0 aliphatic heterocycles. The van der Waals surface area contributed by atoms with Gasteiger partial charge in [-0.15, -0.1) is 11.8 Å². The van der Waals surface area contributed by atoms with E-state index in [2.05, 4.69) is 6.92 Å². The molecular formula is C16H24O3S. The van der Waals surface area contributed by atoms with Crippen molar-refractivity contribution in [2.75, 3.05) is 12.4 Å². The molecule has 3 nitrogen and oxygen atoms in total. The molecule has 0 atom stereocenters. The third kappa shape index (κ3) is 5.45. The Morgan fingerprint density at radius 3 is 2.60 bits per heavy atom. The smallest absolute Gasteiger partial charge is 0.340 e. The molecule has 0 unspecified atom stereocenters. The molecule has 1 rings (SSSR count). The molecule has 1 aromatic carbocycles. The van der Waals surface area contributed by atoms with Gasteiger partial charge >= 0.3 is 5.97 Å². The maximum atomic E-state index is 11.4. The SMILES string of the molecule is CCCCCCCOc1cccc(SCC)c1C(=O)O. The zero-order chi connectivity index (χ0) is 14.8. The molecule has 0 bridgehead atoms. The van der Waals surface area contributed by atoms with Gasteiger partial charge in [-0.3, -0.25) is 0 Å². The van der Waals surface area contributed by atoms with Crippen molar-refractivity contribution in [3.8, 4) is 5.75 Å². The van der Waals surface area contributed by atoms with E-state index in [1.165, 1.54) is 31.0 Å². The van der Waals surface area contributed by atoms with Crippen LogP contribution >= 0.6 is 11.8 Å². The first-order valence-electron chi connectivity index (χ1n) is 7.32. The standard InChI is InChI=1S/C16H24O3S/c1-3-5-6-7-8-12-19-13-10-9-11-14(20-4-2)15(13)16(17)18/h9-11H,3-8,12H2,1-2H3,(H,17,18). The second-order valence-corrected chi connectivity index (χ2v) is 5.94. The van der Waals surface area contributed by atoms with Gasteiger partial charge in [-0.2, -0.15) is 0 Å². The molecule has 0 amide bonds. The van der Waals surface area contributed by atoms with Gasteiger partial charge in [0.1, 0.15) is 11.3 Å². The lowest BCUT2D eigenvalue weighted by molar-refractivity contribution is 0.0688. The van der Waals surface area contributed by atoms with E-state index in [9.17, 15) is 9.90 Å². The lowest BCUT2D eigenvalue weighted by Gasteiger charge is -2.12. The molecule has 0 aliphatic carbocycles. The molecule has 0 saturated heterocycles. The Morgan fingerprint density at radius 2 is 1.95 bits per heavy atom. The van der Waals surface area contributed by atoms with Crippen molar-refractivity contribution < 1.29 is 14.6 Å². The van der Waals surface area contributed by atoms with E-state index in [1.54, 1.807) is 6.07 Å². The molecule has 4 heteroatoms. The molecule has 0 spiro atoms. The summed E-state index contributed by atoms with van der Waals surface area (Å²) in [7, 11) is 0. The number of unbranched alkanes of at least 4 members (excludes halogenated alkanes) is 4. The zero-order valence-electron chi connectivity index (χ0n) is 12.4. The van der Waals surface area contributed by atoms with Crippen molar-refractivity contribution >= 4 is 17.7 Å². The fraction of sp³-hybridized carbons (Fsp3) is 0.562. The van der Waals surface area contributed by atoms with Gasteiger partial charge in [0.05, 0.1) is 6.61 Å². The van der Waals surface area contributed by atoms with Crippen LogP contribution in [0.4, 0.5) is 0 Å². The molecule has 0 saturated carbocycles. The van der Waals surface area contributed by atoms with Gasteiger partial charge in [-0.05, 0) is 24.3 Å². The summed E-state index contributed by atoms with van der Waals surface area (Å²) in [5, 5.41) is 9.35. The Bertz CT molecular complexity index is 418. The molecule has 112 valence electrons. The van der Waals surface area contributed by atoms with Crippen LogP contribution in [0.3, 0.4) is 0 Å². The highest BCUT2D eigenvalue weighted by atomic mass is 32.2. The molecule has 1 aromatic rings. The number of ether oxygens (including phenoxy) is 1. The number of benzene rings is 1. The molecule has 0 aliphatic rings. The molecule has 0 heterocycles. The first kappa shape index (κ1) is 16.9. The average molecular weight is 296 g/mol. The van der Waals surface area contributed by atoms with Crippen LogP contribution in [0.1, 0.15) is 56.3 Å².